The van der Waals surface area contributed by atoms with Crippen molar-refractivity contribution in [2.24, 2.45) is 17.8 Å². The van der Waals surface area contributed by atoms with Gasteiger partial charge in [-0.3, -0.25) is 19.1 Å². The molecule has 2 aromatic rings. The highest BCUT2D eigenvalue weighted by Gasteiger charge is 2.63. The highest BCUT2D eigenvalue weighted by Crippen LogP contribution is 2.48. The molecule has 2 aliphatic carbocycles. The second kappa shape index (κ2) is 16.2. The molecular formula is C40H51F4N5O10S. The molecule has 3 N–H and O–H groups in total. The molecule has 6 rings (SSSR count). The van der Waals surface area contributed by atoms with Crippen molar-refractivity contribution in [1.82, 2.24) is 25.2 Å². The molecular weight excluding hydrogens is 819 g/mol. The van der Waals surface area contributed by atoms with Crippen LogP contribution in [0.3, 0.4) is 0 Å². The number of pyridine rings is 1. The Kier molecular flexibility index (Phi) is 12.1. The van der Waals surface area contributed by atoms with E-state index in [1.54, 1.807) is 13.0 Å². The van der Waals surface area contributed by atoms with Crippen molar-refractivity contribution < 1.29 is 64.1 Å². The average Bonchev–Trinajstić information content (AvgIpc) is 4.04. The molecule has 1 aromatic carbocycles. The minimum absolute atomic E-state index is 0.0578. The third-order valence-electron chi connectivity index (χ3n) is 12.1. The molecule has 1 aromatic heterocycles. The van der Waals surface area contributed by atoms with Gasteiger partial charge in [0, 0.05) is 17.7 Å². The van der Waals surface area contributed by atoms with E-state index in [0.717, 1.165) is 11.0 Å². The SMILES string of the molecule is COc1cc2c(OC)cnc(OC3CC4C(=O)NC5(C(=O)NS(=O)(=O)C6(C)CC6)CC5C=CCCC(C)CC(C)C(NC(=O)OC(C)(C)C(F)(F)F)C(=O)N4C3)c2cc1F. The highest BCUT2D eigenvalue weighted by atomic mass is 32.2. The van der Waals surface area contributed by atoms with Crippen molar-refractivity contribution >= 4 is 44.6 Å². The molecule has 7 unspecified atom stereocenters. The number of nitrogens with zero attached hydrogens (tertiary/aromatic N) is 2. The fourth-order valence-corrected chi connectivity index (χ4v) is 9.12. The van der Waals surface area contributed by atoms with Crippen LogP contribution in [-0.2, 0) is 29.1 Å². The number of hydrogen-bond donors (Lipinski definition) is 3. The van der Waals surface area contributed by atoms with Crippen LogP contribution >= 0.6 is 0 Å². The minimum Gasteiger partial charge on any atom is -0.494 e. The molecule has 1 saturated heterocycles. The molecule has 4 amide bonds. The maximum Gasteiger partial charge on any atom is 0.427 e. The van der Waals surface area contributed by atoms with Crippen LogP contribution in [0.1, 0.15) is 79.6 Å². The second-order valence-electron chi connectivity index (χ2n) is 17.1. The Morgan fingerprint density at radius 3 is 2.35 bits per heavy atom. The number of benzene rings is 1. The van der Waals surface area contributed by atoms with Gasteiger partial charge in [0.2, 0.25) is 33.3 Å². The Labute approximate surface area is 345 Å². The predicted octanol–water partition coefficient (Wildman–Crippen LogP) is 5.06. The van der Waals surface area contributed by atoms with E-state index < -0.39 is 91.7 Å². The van der Waals surface area contributed by atoms with Crippen LogP contribution in [0.4, 0.5) is 22.4 Å². The molecule has 2 aliphatic heterocycles. The Morgan fingerprint density at radius 1 is 1.03 bits per heavy atom. The van der Waals surface area contributed by atoms with Crippen LogP contribution in [-0.4, -0.2) is 103 Å². The number of rotatable bonds is 9. The van der Waals surface area contributed by atoms with E-state index in [0.29, 0.717) is 51.3 Å². The van der Waals surface area contributed by atoms with Crippen LogP contribution in [0.2, 0.25) is 0 Å². The quantitative estimate of drug-likeness (QED) is 0.226. The number of halogens is 4. The molecule has 0 bridgehead atoms. The molecule has 330 valence electrons. The van der Waals surface area contributed by atoms with Gasteiger partial charge in [0.25, 0.3) is 5.91 Å². The zero-order chi connectivity index (χ0) is 44.2. The number of sulfonamides is 1. The summed E-state index contributed by atoms with van der Waals surface area (Å²) in [6.45, 7) is 6.07. The molecule has 2 saturated carbocycles. The van der Waals surface area contributed by atoms with Crippen LogP contribution in [0.5, 0.6) is 17.4 Å². The number of alkyl carbamates (subject to hydrolysis) is 1. The monoisotopic (exact) mass is 869 g/mol. The van der Waals surface area contributed by atoms with Crippen molar-refractivity contribution in [1.29, 1.82) is 0 Å². The number of allylic oxidation sites excluding steroid dienone is 1. The van der Waals surface area contributed by atoms with Crippen molar-refractivity contribution in [3.8, 4) is 17.4 Å². The van der Waals surface area contributed by atoms with E-state index >= 15 is 4.39 Å². The van der Waals surface area contributed by atoms with Gasteiger partial charge in [-0.2, -0.15) is 13.2 Å². The number of amides is 4. The normalized spacial score (nSPS) is 28.3. The first-order chi connectivity index (χ1) is 28.0. The van der Waals surface area contributed by atoms with Crippen molar-refractivity contribution in [2.75, 3.05) is 20.8 Å². The number of alkyl halides is 3. The largest absolute Gasteiger partial charge is 0.494 e. The van der Waals surface area contributed by atoms with Crippen LogP contribution in [0, 0.1) is 23.6 Å². The van der Waals surface area contributed by atoms with E-state index in [4.69, 9.17) is 18.9 Å². The van der Waals surface area contributed by atoms with Gasteiger partial charge in [-0.05, 0) is 83.3 Å². The zero-order valence-electron chi connectivity index (χ0n) is 34.4. The first kappa shape index (κ1) is 44.7. The Morgan fingerprint density at radius 2 is 1.72 bits per heavy atom. The number of carbonyl (C=O) groups is 4. The summed E-state index contributed by atoms with van der Waals surface area (Å²) in [5, 5.41) is 5.62. The molecule has 20 heteroatoms. The van der Waals surface area contributed by atoms with Gasteiger partial charge >= 0.3 is 12.3 Å². The smallest absolute Gasteiger partial charge is 0.427 e. The molecule has 4 aliphatic rings. The van der Waals surface area contributed by atoms with Crippen molar-refractivity contribution in [3.63, 3.8) is 0 Å². The summed E-state index contributed by atoms with van der Waals surface area (Å²) in [5.74, 6) is -4.68. The van der Waals surface area contributed by atoms with E-state index in [1.807, 2.05) is 13.0 Å². The topological polar surface area (TPSA) is 192 Å². The third kappa shape index (κ3) is 8.79. The van der Waals surface area contributed by atoms with E-state index in [9.17, 15) is 40.8 Å². The Balaban J connectivity index is 1.38. The van der Waals surface area contributed by atoms with Gasteiger partial charge < -0.3 is 34.5 Å². The molecule has 0 radical (unpaired) electrons. The lowest BCUT2D eigenvalue weighted by atomic mass is 9.88. The van der Waals surface area contributed by atoms with Gasteiger partial charge in [0.1, 0.15) is 29.5 Å². The maximum absolute atomic E-state index is 15.1. The van der Waals surface area contributed by atoms with Gasteiger partial charge in [-0.15, -0.1) is 0 Å². The van der Waals surface area contributed by atoms with Crippen molar-refractivity contribution in [3.05, 3.63) is 36.3 Å². The fraction of sp³-hybridized carbons (Fsp3) is 0.625. The number of aromatic nitrogens is 1. The molecule has 7 atom stereocenters. The van der Waals surface area contributed by atoms with Gasteiger partial charge in [-0.1, -0.05) is 26.0 Å². The van der Waals surface area contributed by atoms with Crippen LogP contribution in [0.25, 0.3) is 10.8 Å². The zero-order valence-corrected chi connectivity index (χ0v) is 35.2. The summed E-state index contributed by atoms with van der Waals surface area (Å²) in [7, 11) is -1.44. The summed E-state index contributed by atoms with van der Waals surface area (Å²) in [5.41, 5.74) is -4.62. The number of carbonyl (C=O) groups excluding carboxylic acids is 4. The van der Waals surface area contributed by atoms with E-state index in [2.05, 4.69) is 20.3 Å². The highest BCUT2D eigenvalue weighted by molar-refractivity contribution is 7.91. The summed E-state index contributed by atoms with van der Waals surface area (Å²) in [4.78, 5) is 61.8. The third-order valence-corrected chi connectivity index (χ3v) is 14.3. The minimum atomic E-state index is -4.95. The molecule has 60 heavy (non-hydrogen) atoms. The van der Waals surface area contributed by atoms with Gasteiger partial charge in [-0.25, -0.2) is 22.6 Å². The first-order valence-corrected chi connectivity index (χ1v) is 21.2. The lowest BCUT2D eigenvalue weighted by Crippen LogP contribution is -2.59. The number of fused-ring (bicyclic) bond motifs is 3. The lowest BCUT2D eigenvalue weighted by molar-refractivity contribution is -0.244. The number of methoxy groups -OCH3 is 2. The summed E-state index contributed by atoms with van der Waals surface area (Å²) < 4.78 is 105. The Bertz CT molecular complexity index is 2180. The second-order valence-corrected chi connectivity index (χ2v) is 19.3. The van der Waals surface area contributed by atoms with Crippen LogP contribution < -0.4 is 29.6 Å². The number of hydrogen-bond acceptors (Lipinski definition) is 11. The molecule has 3 heterocycles. The summed E-state index contributed by atoms with van der Waals surface area (Å²) in [6, 6.07) is -0.407. The molecule has 15 nitrogen and oxygen atoms in total. The maximum atomic E-state index is 15.1. The predicted molar refractivity (Wildman–Crippen MR) is 208 cm³/mol. The molecule has 3 fully saturated rings. The van der Waals surface area contributed by atoms with Gasteiger partial charge in [0.15, 0.2) is 11.6 Å². The fourth-order valence-electron chi connectivity index (χ4n) is 7.80. The summed E-state index contributed by atoms with van der Waals surface area (Å²) in [6.07, 6.45) is -0.638. The Hall–Kier alpha value is -4.88. The number of ether oxygens (including phenoxy) is 4. The lowest BCUT2D eigenvalue weighted by Gasteiger charge is -2.34. The molecule has 0 spiro atoms. The van der Waals surface area contributed by atoms with Crippen molar-refractivity contribution in [2.45, 2.75) is 120 Å². The van der Waals surface area contributed by atoms with Crippen LogP contribution in [0.15, 0.2) is 30.5 Å². The average molecular weight is 870 g/mol. The van der Waals surface area contributed by atoms with Gasteiger partial charge in [0.05, 0.1) is 37.1 Å². The van der Waals surface area contributed by atoms with E-state index in [1.165, 1.54) is 33.4 Å². The standard InChI is InChI=1S/C40H51F4N5O10S/c1-21-10-8-9-11-23-18-39(23,35(52)48-60(54,55)38(5)12-13-38)47-32(50)28-15-24(58-33-26-16-27(41)29(56-6)17-25(26)30(57-7)19-45-33)20-49(28)34(51)31(22(2)14-21)46-36(53)59-37(3,4)40(42,43)44/h9,11,16-17,19,21-24,28,31H,8,10,12-15,18,20H2,1-7H3,(H,46,53)(H,47,50)(H,48,52). The van der Waals surface area contributed by atoms with E-state index in [-0.39, 0.29) is 48.1 Å². The summed E-state index contributed by atoms with van der Waals surface area (Å²) >= 11 is 0. The first-order valence-electron chi connectivity index (χ1n) is 19.7. The number of nitrogens with one attached hydrogen (secondary N) is 3.